The van der Waals surface area contributed by atoms with Crippen LogP contribution in [-0.4, -0.2) is 10.8 Å². The van der Waals surface area contributed by atoms with E-state index in [4.69, 9.17) is 0 Å². The zero-order valence-corrected chi connectivity index (χ0v) is 11.1. The Morgan fingerprint density at radius 3 is 2.89 bits per heavy atom. The molecule has 2 nitrogen and oxygen atoms in total. The second-order valence-corrected chi connectivity index (χ2v) is 4.94. The third kappa shape index (κ3) is 3.52. The van der Waals surface area contributed by atoms with E-state index >= 15 is 0 Å². The number of rotatable bonds is 4. The second kappa shape index (κ2) is 6.48. The number of hydrogen-bond donors (Lipinski definition) is 0. The molecule has 1 aromatic rings. The van der Waals surface area contributed by atoms with Crippen LogP contribution in [0.3, 0.4) is 0 Å². The van der Waals surface area contributed by atoms with Crippen LogP contribution >= 0.6 is 0 Å². The van der Waals surface area contributed by atoms with E-state index in [9.17, 15) is 4.79 Å². The van der Waals surface area contributed by atoms with Crippen LogP contribution in [0, 0.1) is 0 Å². The predicted molar refractivity (Wildman–Crippen MR) is 73.5 cm³/mol. The number of aromatic nitrogens is 1. The lowest BCUT2D eigenvalue weighted by molar-refractivity contribution is -0.115. The first-order valence-corrected chi connectivity index (χ1v) is 6.95. The van der Waals surface area contributed by atoms with Gasteiger partial charge in [-0.15, -0.1) is 0 Å². The largest absolute Gasteiger partial charge is 0.294 e. The van der Waals surface area contributed by atoms with Gasteiger partial charge < -0.3 is 0 Å². The van der Waals surface area contributed by atoms with Crippen molar-refractivity contribution in [3.63, 3.8) is 0 Å². The third-order valence-electron chi connectivity index (χ3n) is 3.54. The maximum absolute atomic E-state index is 12.2. The summed E-state index contributed by atoms with van der Waals surface area (Å²) in [6, 6.07) is 4.05. The Balaban J connectivity index is 1.99. The second-order valence-electron chi connectivity index (χ2n) is 4.94. The lowest BCUT2D eigenvalue weighted by Crippen LogP contribution is -2.07. The van der Waals surface area contributed by atoms with Crippen LogP contribution in [0.2, 0.25) is 0 Å². The number of allylic oxidation sites excluding steroid dienone is 2. The molecule has 0 saturated carbocycles. The number of hydrogen-bond acceptors (Lipinski definition) is 2. The monoisotopic (exact) mass is 243 g/mol. The van der Waals surface area contributed by atoms with E-state index in [0.717, 1.165) is 37.0 Å². The zero-order valence-electron chi connectivity index (χ0n) is 11.1. The molecule has 0 saturated heterocycles. The summed E-state index contributed by atoms with van der Waals surface area (Å²) in [5.41, 5.74) is 3.14. The minimum Gasteiger partial charge on any atom is -0.294 e. The van der Waals surface area contributed by atoms with E-state index in [-0.39, 0.29) is 5.78 Å². The molecule has 0 aliphatic heterocycles. The van der Waals surface area contributed by atoms with E-state index in [1.807, 2.05) is 12.3 Å². The number of aryl methyl sites for hydroxylation is 1. The highest BCUT2D eigenvalue weighted by atomic mass is 16.1. The number of ketones is 1. The Morgan fingerprint density at radius 2 is 2.17 bits per heavy atom. The van der Waals surface area contributed by atoms with Crippen molar-refractivity contribution in [1.82, 2.24) is 4.98 Å². The van der Waals surface area contributed by atoms with E-state index in [0.29, 0.717) is 6.42 Å². The minimum atomic E-state index is 0.258. The number of Topliss-reactive ketones (excluding diaryl/α,β-unsaturated/α-hetero) is 1. The molecule has 0 fully saturated rings. The van der Waals surface area contributed by atoms with Crippen molar-refractivity contribution in [3.8, 4) is 0 Å². The average molecular weight is 243 g/mol. The molecule has 0 unspecified atom stereocenters. The van der Waals surface area contributed by atoms with Crippen molar-refractivity contribution < 1.29 is 4.79 Å². The highest BCUT2D eigenvalue weighted by molar-refractivity contribution is 5.96. The van der Waals surface area contributed by atoms with Gasteiger partial charge in [0.1, 0.15) is 0 Å². The fraction of sp³-hybridized carbons (Fsp3) is 0.500. The average Bonchev–Trinajstić information content (AvgIpc) is 2.68. The summed E-state index contributed by atoms with van der Waals surface area (Å²) >= 11 is 0. The number of nitrogens with zero attached hydrogens (tertiary/aromatic N) is 1. The number of carbonyl (C=O) groups is 1. The lowest BCUT2D eigenvalue weighted by atomic mass is 10.0. The van der Waals surface area contributed by atoms with Crippen molar-refractivity contribution in [2.24, 2.45) is 0 Å². The van der Waals surface area contributed by atoms with Crippen LogP contribution in [0.15, 0.2) is 30.0 Å². The maximum Gasteiger partial charge on any atom is 0.164 e. The minimum absolute atomic E-state index is 0.258. The molecule has 0 aromatic carbocycles. The Labute approximate surface area is 109 Å². The first-order chi connectivity index (χ1) is 8.79. The molecular formula is C16H21NO. The molecule has 0 bridgehead atoms. The predicted octanol–water partition coefficient (Wildman–Crippen LogP) is 3.65. The quantitative estimate of drug-likeness (QED) is 0.808. The van der Waals surface area contributed by atoms with Gasteiger partial charge in [0.05, 0.1) is 6.42 Å². The molecule has 18 heavy (non-hydrogen) atoms. The fourth-order valence-electron chi connectivity index (χ4n) is 2.32. The molecule has 0 N–H and O–H groups in total. The van der Waals surface area contributed by atoms with Crippen LogP contribution in [0.4, 0.5) is 0 Å². The zero-order chi connectivity index (χ0) is 12.8. The molecule has 0 spiro atoms. The maximum atomic E-state index is 12.2. The summed E-state index contributed by atoms with van der Waals surface area (Å²) in [6.07, 6.45) is 11.1. The fourth-order valence-corrected chi connectivity index (χ4v) is 2.32. The van der Waals surface area contributed by atoms with Gasteiger partial charge >= 0.3 is 0 Å². The lowest BCUT2D eigenvalue weighted by Gasteiger charge is -2.05. The van der Waals surface area contributed by atoms with Crippen molar-refractivity contribution in [2.75, 3.05) is 0 Å². The SMILES string of the molecule is CCc1ccc(CC(=O)C2=CCCCCC2)nc1. The Kier molecular flexibility index (Phi) is 4.68. The Morgan fingerprint density at radius 1 is 1.28 bits per heavy atom. The summed E-state index contributed by atoms with van der Waals surface area (Å²) in [5.74, 6) is 0.258. The van der Waals surface area contributed by atoms with Gasteiger partial charge in [-0.3, -0.25) is 9.78 Å². The summed E-state index contributed by atoms with van der Waals surface area (Å²) in [5, 5.41) is 0. The topological polar surface area (TPSA) is 30.0 Å². The van der Waals surface area contributed by atoms with E-state index in [1.54, 1.807) is 0 Å². The normalized spacial score (nSPS) is 15.9. The van der Waals surface area contributed by atoms with Gasteiger partial charge in [-0.1, -0.05) is 25.5 Å². The molecular weight excluding hydrogens is 222 g/mol. The van der Waals surface area contributed by atoms with Gasteiger partial charge in [-0.05, 0) is 49.3 Å². The highest BCUT2D eigenvalue weighted by Gasteiger charge is 2.12. The summed E-state index contributed by atoms with van der Waals surface area (Å²) < 4.78 is 0. The third-order valence-corrected chi connectivity index (χ3v) is 3.54. The smallest absolute Gasteiger partial charge is 0.164 e. The van der Waals surface area contributed by atoms with Gasteiger partial charge in [0.2, 0.25) is 0 Å². The highest BCUT2D eigenvalue weighted by Crippen LogP contribution is 2.19. The molecule has 0 radical (unpaired) electrons. The summed E-state index contributed by atoms with van der Waals surface area (Å²) in [4.78, 5) is 16.5. The number of pyridine rings is 1. The van der Waals surface area contributed by atoms with Crippen molar-refractivity contribution in [1.29, 1.82) is 0 Å². The molecule has 1 heterocycles. The van der Waals surface area contributed by atoms with Crippen molar-refractivity contribution >= 4 is 5.78 Å². The summed E-state index contributed by atoms with van der Waals surface area (Å²) in [7, 11) is 0. The molecule has 1 aliphatic carbocycles. The molecule has 2 heteroatoms. The molecule has 2 rings (SSSR count). The van der Waals surface area contributed by atoms with Gasteiger partial charge in [-0.2, -0.15) is 0 Å². The summed E-state index contributed by atoms with van der Waals surface area (Å²) in [6.45, 7) is 2.11. The van der Waals surface area contributed by atoms with Crippen LogP contribution in [0.25, 0.3) is 0 Å². The van der Waals surface area contributed by atoms with Crippen molar-refractivity contribution in [2.45, 2.75) is 51.9 Å². The Hall–Kier alpha value is -1.44. The van der Waals surface area contributed by atoms with Gasteiger partial charge in [0.25, 0.3) is 0 Å². The van der Waals surface area contributed by atoms with Gasteiger partial charge in [-0.25, -0.2) is 0 Å². The first kappa shape index (κ1) is 13.0. The standard InChI is InChI=1S/C16H21NO/c1-2-13-9-10-15(17-12-13)11-16(18)14-7-5-3-4-6-8-14/h7,9-10,12H,2-6,8,11H2,1H3. The molecule has 96 valence electrons. The van der Waals surface area contributed by atoms with Crippen LogP contribution < -0.4 is 0 Å². The van der Waals surface area contributed by atoms with Crippen LogP contribution in [0.5, 0.6) is 0 Å². The van der Waals surface area contributed by atoms with E-state index in [2.05, 4.69) is 24.1 Å². The van der Waals surface area contributed by atoms with Crippen LogP contribution in [-0.2, 0) is 17.6 Å². The van der Waals surface area contributed by atoms with Gasteiger partial charge in [0.15, 0.2) is 5.78 Å². The molecule has 1 aliphatic rings. The van der Waals surface area contributed by atoms with Gasteiger partial charge in [0, 0.05) is 11.9 Å². The van der Waals surface area contributed by atoms with Crippen LogP contribution in [0.1, 0.15) is 50.3 Å². The molecule has 1 aromatic heterocycles. The van der Waals surface area contributed by atoms with E-state index in [1.165, 1.54) is 18.4 Å². The first-order valence-electron chi connectivity index (χ1n) is 6.95. The number of carbonyl (C=O) groups excluding carboxylic acids is 1. The van der Waals surface area contributed by atoms with Crippen molar-refractivity contribution in [3.05, 3.63) is 41.2 Å². The Bertz CT molecular complexity index is 431. The molecule has 0 amide bonds. The molecule has 0 atom stereocenters. The van der Waals surface area contributed by atoms with E-state index < -0.39 is 0 Å².